The van der Waals surface area contributed by atoms with Gasteiger partial charge in [-0.2, -0.15) is 0 Å². The molecular weight excluding hydrogens is 418 g/mol. The Bertz CT molecular complexity index is 624. The molecule has 1 unspecified atom stereocenters. The summed E-state index contributed by atoms with van der Waals surface area (Å²) in [5.41, 5.74) is 3.22. The van der Waals surface area contributed by atoms with Crippen LogP contribution in [0.25, 0.3) is 0 Å². The van der Waals surface area contributed by atoms with Crippen molar-refractivity contribution in [1.82, 2.24) is 21.3 Å². The molecular formula is C25H48N4P2. The lowest BCUT2D eigenvalue weighted by Gasteiger charge is -2.50. The number of hydrogen-bond acceptors (Lipinski definition) is 4. The predicted octanol–water partition coefficient (Wildman–Crippen LogP) is 4.53. The highest BCUT2D eigenvalue weighted by Crippen LogP contribution is 2.63. The Morgan fingerprint density at radius 3 is 1.74 bits per heavy atom. The molecule has 0 radical (unpaired) electrons. The van der Waals surface area contributed by atoms with Crippen LogP contribution in [0.15, 0.2) is 23.3 Å². The standard InChI is InChI=1S/C25H48N4P2/c1-7-23(3,4)31(24(5,6)8-2)18-19-12-9-13-20(19)25(30,21-26-14-10-15-27-21)22-28-16-11-17-29-22/h9,12,21-22,26-29H,7-8,10-11,13-18,30H2,1-6H3. The van der Waals surface area contributed by atoms with Gasteiger partial charge in [0.25, 0.3) is 0 Å². The maximum absolute atomic E-state index is 3.82. The highest BCUT2D eigenvalue weighted by molar-refractivity contribution is 7.61. The second-order valence-electron chi connectivity index (χ2n) is 10.9. The van der Waals surface area contributed by atoms with Crippen molar-refractivity contribution in [1.29, 1.82) is 0 Å². The first-order valence-corrected chi connectivity index (χ1v) is 14.7. The minimum Gasteiger partial charge on any atom is -0.301 e. The van der Waals surface area contributed by atoms with Gasteiger partial charge in [0, 0.05) is 0 Å². The molecule has 2 saturated heterocycles. The van der Waals surface area contributed by atoms with Crippen LogP contribution >= 0.6 is 17.2 Å². The predicted molar refractivity (Wildman–Crippen MR) is 143 cm³/mol. The van der Waals surface area contributed by atoms with Crippen molar-refractivity contribution >= 4 is 17.2 Å². The van der Waals surface area contributed by atoms with Gasteiger partial charge in [-0.05, 0) is 85.9 Å². The Hall–Kier alpha value is 0.180. The molecule has 2 heterocycles. The van der Waals surface area contributed by atoms with Gasteiger partial charge >= 0.3 is 0 Å². The molecule has 0 aromatic carbocycles. The molecule has 1 aliphatic carbocycles. The van der Waals surface area contributed by atoms with Gasteiger partial charge in [0.1, 0.15) is 0 Å². The fraction of sp³-hybridized carbons (Fsp3) is 0.840. The summed E-state index contributed by atoms with van der Waals surface area (Å²) >= 11 is 0. The molecule has 4 nitrogen and oxygen atoms in total. The van der Waals surface area contributed by atoms with Crippen molar-refractivity contribution in [2.24, 2.45) is 0 Å². The third-order valence-electron chi connectivity index (χ3n) is 8.13. The summed E-state index contributed by atoms with van der Waals surface area (Å²) in [5.74, 6) is 0. The van der Waals surface area contributed by atoms with Crippen LogP contribution < -0.4 is 21.3 Å². The fourth-order valence-electron chi connectivity index (χ4n) is 5.45. The average Bonchev–Trinajstić information content (AvgIpc) is 3.27. The summed E-state index contributed by atoms with van der Waals surface area (Å²) in [6.45, 7) is 19.2. The summed E-state index contributed by atoms with van der Waals surface area (Å²) in [5, 5.41) is 16.0. The van der Waals surface area contributed by atoms with Crippen molar-refractivity contribution in [3.63, 3.8) is 0 Å². The lowest BCUT2D eigenvalue weighted by atomic mass is 9.86. The first-order valence-electron chi connectivity index (χ1n) is 12.6. The molecule has 1 atom stereocenters. The number of allylic oxidation sites excluding steroid dienone is 3. The highest BCUT2D eigenvalue weighted by atomic mass is 31.1. The molecule has 0 bridgehead atoms. The summed E-state index contributed by atoms with van der Waals surface area (Å²) in [7, 11) is 3.16. The lowest BCUT2D eigenvalue weighted by Crippen LogP contribution is -2.71. The van der Waals surface area contributed by atoms with Crippen LogP contribution in [-0.2, 0) is 0 Å². The van der Waals surface area contributed by atoms with E-state index >= 15 is 0 Å². The topological polar surface area (TPSA) is 48.1 Å². The van der Waals surface area contributed by atoms with Crippen LogP contribution in [0.4, 0.5) is 0 Å². The van der Waals surface area contributed by atoms with Crippen LogP contribution in [0.3, 0.4) is 0 Å². The van der Waals surface area contributed by atoms with E-state index in [4.69, 9.17) is 0 Å². The lowest BCUT2D eigenvalue weighted by molar-refractivity contribution is 0.227. The van der Waals surface area contributed by atoms with E-state index in [0.29, 0.717) is 10.3 Å². The SMILES string of the molecule is CCC(C)(C)P(CC1=C(C(P)(C2NCCCN2)C2NCCCN2)CC=C1)C(C)(C)CC. The summed E-state index contributed by atoms with van der Waals surface area (Å²) in [4.78, 5) is 0. The molecule has 0 aromatic heterocycles. The third kappa shape index (κ3) is 5.47. The third-order valence-corrected chi connectivity index (χ3v) is 13.4. The van der Waals surface area contributed by atoms with Gasteiger partial charge in [0.2, 0.25) is 0 Å². The zero-order chi connectivity index (χ0) is 22.7. The van der Waals surface area contributed by atoms with Crippen molar-refractivity contribution in [2.75, 3.05) is 32.3 Å². The molecule has 178 valence electrons. The molecule has 0 saturated carbocycles. The highest BCUT2D eigenvalue weighted by Gasteiger charge is 2.48. The van der Waals surface area contributed by atoms with E-state index in [9.17, 15) is 0 Å². The molecule has 0 amide bonds. The minimum atomic E-state index is -0.167. The summed E-state index contributed by atoms with van der Waals surface area (Å²) in [6.07, 6.45) is 12.6. The van der Waals surface area contributed by atoms with Gasteiger partial charge in [0.05, 0.1) is 17.5 Å². The van der Waals surface area contributed by atoms with Gasteiger partial charge in [-0.3, -0.25) is 0 Å². The zero-order valence-electron chi connectivity index (χ0n) is 20.9. The molecule has 0 spiro atoms. The molecule has 3 rings (SSSR count). The second-order valence-corrected chi connectivity index (χ2v) is 15.4. The van der Waals surface area contributed by atoms with Gasteiger partial charge in [0.15, 0.2) is 0 Å². The molecule has 3 aliphatic rings. The number of hydrogen-bond donors (Lipinski definition) is 4. The molecule has 0 aromatic rings. The van der Waals surface area contributed by atoms with Crippen molar-refractivity contribution in [2.45, 2.75) is 101 Å². The normalized spacial score (nSPS) is 22.7. The van der Waals surface area contributed by atoms with E-state index in [1.165, 1.54) is 31.8 Å². The van der Waals surface area contributed by atoms with E-state index in [1.807, 2.05) is 0 Å². The smallest absolute Gasteiger partial charge is 0.0732 e. The van der Waals surface area contributed by atoms with Crippen molar-refractivity contribution < 1.29 is 0 Å². The molecule has 4 N–H and O–H groups in total. The largest absolute Gasteiger partial charge is 0.301 e. The van der Waals surface area contributed by atoms with Crippen LogP contribution in [0, 0.1) is 0 Å². The van der Waals surface area contributed by atoms with Gasteiger partial charge in [-0.25, -0.2) is 0 Å². The summed E-state index contributed by atoms with van der Waals surface area (Å²) < 4.78 is 0. The first-order chi connectivity index (χ1) is 14.7. The minimum absolute atomic E-state index is 0.0760. The van der Waals surface area contributed by atoms with E-state index in [-0.39, 0.29) is 25.4 Å². The zero-order valence-corrected chi connectivity index (χ0v) is 23.0. The van der Waals surface area contributed by atoms with E-state index in [1.54, 1.807) is 11.1 Å². The van der Waals surface area contributed by atoms with E-state index < -0.39 is 0 Å². The van der Waals surface area contributed by atoms with Crippen molar-refractivity contribution in [3.05, 3.63) is 23.3 Å². The molecule has 6 heteroatoms. The van der Waals surface area contributed by atoms with Crippen LogP contribution in [0.5, 0.6) is 0 Å². The average molecular weight is 467 g/mol. The quantitative estimate of drug-likeness (QED) is 0.377. The number of rotatable bonds is 9. The Morgan fingerprint density at radius 1 is 0.871 bits per heavy atom. The van der Waals surface area contributed by atoms with Crippen LogP contribution in [-0.4, -0.2) is 60.1 Å². The van der Waals surface area contributed by atoms with Crippen molar-refractivity contribution in [3.8, 4) is 0 Å². The maximum atomic E-state index is 3.82. The maximum Gasteiger partial charge on any atom is 0.0732 e. The molecule has 31 heavy (non-hydrogen) atoms. The van der Waals surface area contributed by atoms with E-state index in [2.05, 4.69) is 84.2 Å². The van der Waals surface area contributed by atoms with Crippen LogP contribution in [0.2, 0.25) is 0 Å². The Balaban J connectivity index is 2.00. The molecule has 2 aliphatic heterocycles. The Morgan fingerprint density at radius 2 is 1.32 bits per heavy atom. The Kier molecular flexibility index (Phi) is 8.84. The van der Waals surface area contributed by atoms with Gasteiger partial charge in [-0.1, -0.05) is 61.6 Å². The Labute approximate surface area is 195 Å². The number of nitrogens with one attached hydrogen (secondary N) is 4. The monoisotopic (exact) mass is 466 g/mol. The summed E-state index contributed by atoms with van der Waals surface area (Å²) in [6, 6.07) is 0. The fourth-order valence-corrected chi connectivity index (χ4v) is 10.1. The second kappa shape index (κ2) is 10.6. The van der Waals surface area contributed by atoms with Gasteiger partial charge < -0.3 is 21.3 Å². The molecule has 2 fully saturated rings. The van der Waals surface area contributed by atoms with Gasteiger partial charge in [-0.15, -0.1) is 9.24 Å². The first kappa shape index (κ1) is 25.8. The van der Waals surface area contributed by atoms with E-state index in [0.717, 1.165) is 32.6 Å². The van der Waals surface area contributed by atoms with Crippen LogP contribution in [0.1, 0.15) is 73.6 Å².